The summed E-state index contributed by atoms with van der Waals surface area (Å²) in [5, 5.41) is 4.22. The number of amides is 1. The Kier molecular flexibility index (Phi) is 5.37. The lowest BCUT2D eigenvalue weighted by Gasteiger charge is -2.24. The van der Waals surface area contributed by atoms with E-state index in [1.54, 1.807) is 0 Å². The second-order valence-corrected chi connectivity index (χ2v) is 7.63. The van der Waals surface area contributed by atoms with Crippen LogP contribution in [-0.4, -0.2) is 35.0 Å². The second-order valence-electron chi connectivity index (χ2n) is 7.63. The van der Waals surface area contributed by atoms with Gasteiger partial charge in [0.05, 0.1) is 11.2 Å². The van der Waals surface area contributed by atoms with Crippen LogP contribution in [0.5, 0.6) is 0 Å². The van der Waals surface area contributed by atoms with Crippen LogP contribution in [0.15, 0.2) is 35.9 Å². The number of aryl methyl sites for hydroxylation is 1. The summed E-state index contributed by atoms with van der Waals surface area (Å²) >= 11 is 0. The van der Waals surface area contributed by atoms with Gasteiger partial charge >= 0.3 is 0 Å². The molecule has 1 N–H and O–H groups in total. The Balaban J connectivity index is 1.44. The number of anilines is 1. The average molecular weight is 364 g/mol. The van der Waals surface area contributed by atoms with Gasteiger partial charge in [0.2, 0.25) is 11.9 Å². The van der Waals surface area contributed by atoms with Crippen molar-refractivity contribution in [1.29, 1.82) is 0 Å². The second kappa shape index (κ2) is 8.07. The van der Waals surface area contributed by atoms with E-state index < -0.39 is 0 Å². The first kappa shape index (κ1) is 18.0. The Hall–Kier alpha value is -2.43. The number of hydrogen-bond donors (Lipinski definition) is 1. The molecule has 1 aromatic carbocycles. The summed E-state index contributed by atoms with van der Waals surface area (Å²) < 4.78 is 0. The van der Waals surface area contributed by atoms with Crippen LogP contribution in [0.2, 0.25) is 0 Å². The highest BCUT2D eigenvalue weighted by Gasteiger charge is 2.32. The molecular weight excluding hydrogens is 336 g/mol. The number of nitrogens with zero attached hydrogens (tertiary/aromatic N) is 3. The van der Waals surface area contributed by atoms with Gasteiger partial charge in [-0.3, -0.25) is 4.79 Å². The highest BCUT2D eigenvalue weighted by Crippen LogP contribution is 2.26. The summed E-state index contributed by atoms with van der Waals surface area (Å²) in [4.78, 5) is 24.3. The molecule has 27 heavy (non-hydrogen) atoms. The van der Waals surface area contributed by atoms with Gasteiger partial charge in [-0.15, -0.1) is 0 Å². The van der Waals surface area contributed by atoms with Crippen molar-refractivity contribution in [2.24, 2.45) is 0 Å². The zero-order valence-electron chi connectivity index (χ0n) is 16.1. The molecule has 2 heterocycles. The summed E-state index contributed by atoms with van der Waals surface area (Å²) in [6.07, 6.45) is 10.2. The van der Waals surface area contributed by atoms with E-state index >= 15 is 0 Å². The van der Waals surface area contributed by atoms with Crippen molar-refractivity contribution in [2.45, 2.75) is 57.9 Å². The fourth-order valence-electron chi connectivity index (χ4n) is 4.22. The van der Waals surface area contributed by atoms with E-state index in [2.05, 4.69) is 16.3 Å². The molecule has 1 amide bonds. The number of benzene rings is 1. The van der Waals surface area contributed by atoms with Crippen molar-refractivity contribution < 1.29 is 4.79 Å². The molecule has 1 fully saturated rings. The molecule has 2 aromatic rings. The fourth-order valence-corrected chi connectivity index (χ4v) is 4.22. The molecule has 0 bridgehead atoms. The minimum absolute atomic E-state index is 0.110. The van der Waals surface area contributed by atoms with Gasteiger partial charge < -0.3 is 10.2 Å². The molecule has 1 aliphatic carbocycles. The molecule has 0 saturated carbocycles. The lowest BCUT2D eigenvalue weighted by Crippen LogP contribution is -2.44. The van der Waals surface area contributed by atoms with Crippen LogP contribution in [0.4, 0.5) is 5.95 Å². The number of carbonyl (C=O) groups is 1. The number of allylic oxidation sites excluding steroid dienone is 1. The first-order valence-electron chi connectivity index (χ1n) is 10.2. The Bertz CT molecular complexity index is 861. The van der Waals surface area contributed by atoms with E-state index in [4.69, 9.17) is 9.97 Å². The van der Waals surface area contributed by atoms with Gasteiger partial charge in [0.15, 0.2) is 0 Å². The minimum Gasteiger partial charge on any atom is -0.354 e. The van der Waals surface area contributed by atoms with Gasteiger partial charge in [-0.2, -0.15) is 0 Å². The number of rotatable bonds is 5. The molecule has 1 aromatic heterocycles. The third kappa shape index (κ3) is 3.97. The number of hydrogen-bond acceptors (Lipinski definition) is 4. The van der Waals surface area contributed by atoms with Gasteiger partial charge in [-0.1, -0.05) is 29.8 Å². The summed E-state index contributed by atoms with van der Waals surface area (Å²) in [6, 6.07) is 7.89. The molecule has 5 heteroatoms. The van der Waals surface area contributed by atoms with Crippen molar-refractivity contribution in [1.82, 2.24) is 15.3 Å². The summed E-state index contributed by atoms with van der Waals surface area (Å²) in [7, 11) is 0. The van der Waals surface area contributed by atoms with E-state index in [-0.39, 0.29) is 11.9 Å². The Labute approximate surface area is 160 Å². The number of carbonyl (C=O) groups excluding carboxylic acids is 1. The van der Waals surface area contributed by atoms with Gasteiger partial charge in [0.25, 0.3) is 0 Å². The predicted molar refractivity (Wildman–Crippen MR) is 109 cm³/mol. The molecule has 0 spiro atoms. The maximum Gasteiger partial charge on any atom is 0.242 e. The average Bonchev–Trinajstić information content (AvgIpc) is 3.19. The third-order valence-electron chi connectivity index (χ3n) is 5.72. The first-order valence-corrected chi connectivity index (χ1v) is 10.2. The van der Waals surface area contributed by atoms with E-state index in [0.717, 1.165) is 48.9 Å². The van der Waals surface area contributed by atoms with E-state index in [9.17, 15) is 4.79 Å². The summed E-state index contributed by atoms with van der Waals surface area (Å²) in [6.45, 7) is 3.57. The van der Waals surface area contributed by atoms with Crippen LogP contribution in [0.3, 0.4) is 0 Å². The molecule has 142 valence electrons. The predicted octanol–water partition coefficient (Wildman–Crippen LogP) is 3.91. The van der Waals surface area contributed by atoms with Crippen LogP contribution in [-0.2, 0) is 4.79 Å². The van der Waals surface area contributed by atoms with E-state index in [1.807, 2.05) is 31.2 Å². The maximum atomic E-state index is 12.8. The maximum absolute atomic E-state index is 12.8. The quantitative estimate of drug-likeness (QED) is 0.817. The summed E-state index contributed by atoms with van der Waals surface area (Å²) in [5.41, 5.74) is 3.40. The Morgan fingerprint density at radius 1 is 1.22 bits per heavy atom. The molecule has 5 nitrogen and oxygen atoms in total. The van der Waals surface area contributed by atoms with Crippen molar-refractivity contribution in [3.05, 3.63) is 41.6 Å². The normalized spacial score (nSPS) is 20.0. The van der Waals surface area contributed by atoms with Crippen LogP contribution >= 0.6 is 0 Å². The smallest absolute Gasteiger partial charge is 0.242 e. The Morgan fingerprint density at radius 3 is 2.96 bits per heavy atom. The number of aromatic nitrogens is 2. The monoisotopic (exact) mass is 364 g/mol. The molecule has 1 atom stereocenters. The van der Waals surface area contributed by atoms with Crippen molar-refractivity contribution in [2.75, 3.05) is 18.0 Å². The highest BCUT2D eigenvalue weighted by molar-refractivity contribution is 5.86. The van der Waals surface area contributed by atoms with Crippen molar-refractivity contribution in [3.63, 3.8) is 0 Å². The van der Waals surface area contributed by atoms with Crippen molar-refractivity contribution in [3.8, 4) is 0 Å². The molecule has 1 saturated heterocycles. The zero-order valence-corrected chi connectivity index (χ0v) is 16.1. The Morgan fingerprint density at radius 2 is 2.11 bits per heavy atom. The third-order valence-corrected chi connectivity index (χ3v) is 5.72. The lowest BCUT2D eigenvalue weighted by atomic mass is 9.97. The van der Waals surface area contributed by atoms with E-state index in [1.165, 1.54) is 31.3 Å². The molecule has 1 unspecified atom stereocenters. The van der Waals surface area contributed by atoms with Crippen molar-refractivity contribution >= 4 is 22.8 Å². The highest BCUT2D eigenvalue weighted by atomic mass is 16.2. The van der Waals surface area contributed by atoms with Crippen LogP contribution < -0.4 is 10.2 Å². The molecule has 2 aliphatic rings. The lowest BCUT2D eigenvalue weighted by molar-refractivity contribution is -0.122. The number of nitrogens with one attached hydrogen (secondary N) is 1. The van der Waals surface area contributed by atoms with Gasteiger partial charge in [0.1, 0.15) is 6.04 Å². The van der Waals surface area contributed by atoms with Gasteiger partial charge in [-0.05, 0) is 57.9 Å². The molecular formula is C22H28N4O. The number of para-hydroxylation sites is 1. The van der Waals surface area contributed by atoms with Crippen LogP contribution in [0.1, 0.15) is 50.6 Å². The summed E-state index contributed by atoms with van der Waals surface area (Å²) in [5.74, 6) is 0.789. The van der Waals surface area contributed by atoms with Crippen LogP contribution in [0, 0.1) is 6.92 Å². The van der Waals surface area contributed by atoms with Gasteiger partial charge in [0, 0.05) is 18.5 Å². The minimum atomic E-state index is -0.161. The first-order chi connectivity index (χ1) is 13.2. The SMILES string of the molecule is Cc1nc(N2CCCC2C(=O)NCCC2=CCCCC2)nc2ccccc12. The molecule has 1 aliphatic heterocycles. The number of fused-ring (bicyclic) bond motifs is 1. The zero-order chi connectivity index (χ0) is 18.6. The van der Waals surface area contributed by atoms with Gasteiger partial charge in [-0.25, -0.2) is 9.97 Å². The van der Waals surface area contributed by atoms with Crippen LogP contribution in [0.25, 0.3) is 10.9 Å². The standard InChI is InChI=1S/C22H28N4O/c1-16-18-10-5-6-11-19(18)25-22(24-16)26-15-7-12-20(26)21(27)23-14-13-17-8-3-2-4-9-17/h5-6,8,10-11,20H,2-4,7,9,12-15H2,1H3,(H,23,27). The van der Waals surface area contributed by atoms with E-state index in [0.29, 0.717) is 5.95 Å². The topological polar surface area (TPSA) is 58.1 Å². The fraction of sp³-hybridized carbons (Fsp3) is 0.500. The largest absolute Gasteiger partial charge is 0.354 e. The molecule has 4 rings (SSSR count). The molecule has 0 radical (unpaired) electrons.